The maximum Gasteiger partial charge on any atom is 0.196 e. The van der Waals surface area contributed by atoms with Crippen molar-refractivity contribution in [3.63, 3.8) is 0 Å². The normalized spacial score (nSPS) is 17.1. The molecule has 0 aromatic heterocycles. The molecule has 2 aromatic rings. The Kier molecular flexibility index (Phi) is 3.38. The van der Waals surface area contributed by atoms with E-state index < -0.39 is 0 Å². The predicted molar refractivity (Wildman–Crippen MR) is 85.6 cm³/mol. The Balaban J connectivity index is 2.11. The van der Waals surface area contributed by atoms with E-state index in [2.05, 4.69) is 40.9 Å². The Hall–Kier alpha value is -1.61. The van der Waals surface area contributed by atoms with Crippen molar-refractivity contribution in [3.05, 3.63) is 63.6 Å². The number of benzene rings is 2. The second-order valence-corrected chi connectivity index (χ2v) is 6.14. The maximum absolute atomic E-state index is 12.8. The topological polar surface area (TPSA) is 20.3 Å². The van der Waals surface area contributed by atoms with Crippen LogP contribution < -0.4 is 4.90 Å². The number of anilines is 1. The molecule has 0 amide bonds. The lowest BCUT2D eigenvalue weighted by atomic mass is 9.99. The third-order valence-corrected chi connectivity index (χ3v) is 4.70. The molecule has 1 atom stereocenters. The number of fused-ring (bicyclic) bond motifs is 1. The van der Waals surface area contributed by atoms with Crippen LogP contribution in [0.15, 0.2) is 46.9 Å². The largest absolute Gasteiger partial charge is 0.371 e. The summed E-state index contributed by atoms with van der Waals surface area (Å²) in [6.07, 6.45) is 1.00. The smallest absolute Gasteiger partial charge is 0.196 e. The van der Waals surface area contributed by atoms with Crippen molar-refractivity contribution in [2.24, 2.45) is 0 Å². The number of halogens is 1. The number of para-hydroxylation sites is 1. The van der Waals surface area contributed by atoms with Crippen molar-refractivity contribution in [2.45, 2.75) is 19.4 Å². The molecule has 0 spiro atoms. The quantitative estimate of drug-likeness (QED) is 0.774. The van der Waals surface area contributed by atoms with Gasteiger partial charge in [0.1, 0.15) is 0 Å². The number of carbonyl (C=O) groups excluding carboxylic acids is 1. The summed E-state index contributed by atoms with van der Waals surface area (Å²) in [6, 6.07) is 14.1. The summed E-state index contributed by atoms with van der Waals surface area (Å²) in [6.45, 7) is 2.19. The highest BCUT2D eigenvalue weighted by molar-refractivity contribution is 9.10. The third kappa shape index (κ3) is 2.06. The van der Waals surface area contributed by atoms with Crippen molar-refractivity contribution in [2.75, 3.05) is 11.9 Å². The van der Waals surface area contributed by atoms with Gasteiger partial charge in [-0.1, -0.05) is 40.2 Å². The molecule has 20 heavy (non-hydrogen) atoms. The maximum atomic E-state index is 12.8. The standard InChI is InChI=1S/C17H16BrNO/c1-11-10-12-6-5-8-14(16(12)19(11)2)17(20)13-7-3-4-9-15(13)18/h3-9,11H,10H2,1-2H3/t11-/m1/s1. The molecule has 0 N–H and O–H groups in total. The molecule has 0 saturated heterocycles. The van der Waals surface area contributed by atoms with Gasteiger partial charge in [0.05, 0.1) is 5.69 Å². The molecule has 0 fully saturated rings. The summed E-state index contributed by atoms with van der Waals surface area (Å²) in [7, 11) is 2.06. The van der Waals surface area contributed by atoms with Gasteiger partial charge in [-0.25, -0.2) is 0 Å². The first-order valence-electron chi connectivity index (χ1n) is 6.73. The summed E-state index contributed by atoms with van der Waals surface area (Å²) in [5, 5.41) is 0. The number of likely N-dealkylation sites (N-methyl/N-ethyl adjacent to an activating group) is 1. The van der Waals surface area contributed by atoms with Crippen LogP contribution in [0.25, 0.3) is 0 Å². The van der Waals surface area contributed by atoms with Crippen LogP contribution in [-0.4, -0.2) is 18.9 Å². The van der Waals surface area contributed by atoms with Crippen LogP contribution in [0.4, 0.5) is 5.69 Å². The second-order valence-electron chi connectivity index (χ2n) is 5.29. The number of ketones is 1. The highest BCUT2D eigenvalue weighted by Crippen LogP contribution is 2.35. The molecule has 102 valence electrons. The molecule has 0 unspecified atom stereocenters. The lowest BCUT2D eigenvalue weighted by Gasteiger charge is -2.21. The predicted octanol–water partition coefficient (Wildman–Crippen LogP) is 4.06. The number of hydrogen-bond acceptors (Lipinski definition) is 2. The minimum Gasteiger partial charge on any atom is -0.371 e. The molecule has 2 aromatic carbocycles. The average molecular weight is 330 g/mol. The SMILES string of the molecule is C[C@@H]1Cc2cccc(C(=O)c3ccccc3Br)c2N1C. The zero-order valence-corrected chi connectivity index (χ0v) is 13.1. The lowest BCUT2D eigenvalue weighted by Crippen LogP contribution is -2.25. The van der Waals surface area contributed by atoms with Gasteiger partial charge in [0, 0.05) is 28.7 Å². The molecular formula is C17H16BrNO. The molecule has 0 saturated carbocycles. The van der Waals surface area contributed by atoms with Crippen LogP contribution >= 0.6 is 15.9 Å². The Morgan fingerprint density at radius 2 is 1.85 bits per heavy atom. The van der Waals surface area contributed by atoms with Gasteiger partial charge in [-0.2, -0.15) is 0 Å². The Bertz CT molecular complexity index is 680. The van der Waals surface area contributed by atoms with Crippen LogP contribution in [0.3, 0.4) is 0 Å². The average Bonchev–Trinajstić information content (AvgIpc) is 2.74. The van der Waals surface area contributed by atoms with Crippen LogP contribution in [0.2, 0.25) is 0 Å². The summed E-state index contributed by atoms with van der Waals surface area (Å²) in [5.41, 5.74) is 3.86. The van der Waals surface area contributed by atoms with Crippen molar-refractivity contribution >= 4 is 27.4 Å². The summed E-state index contributed by atoms with van der Waals surface area (Å²) < 4.78 is 0.844. The molecule has 2 nitrogen and oxygen atoms in total. The van der Waals surface area contributed by atoms with Crippen molar-refractivity contribution in [1.29, 1.82) is 0 Å². The highest BCUT2D eigenvalue weighted by Gasteiger charge is 2.28. The van der Waals surface area contributed by atoms with E-state index in [0.717, 1.165) is 22.1 Å². The van der Waals surface area contributed by atoms with E-state index in [1.54, 1.807) is 0 Å². The van der Waals surface area contributed by atoms with Gasteiger partial charge in [0.15, 0.2) is 5.78 Å². The number of carbonyl (C=O) groups is 1. The van der Waals surface area contributed by atoms with Gasteiger partial charge < -0.3 is 4.90 Å². The van der Waals surface area contributed by atoms with E-state index in [1.807, 2.05) is 36.4 Å². The minimum absolute atomic E-state index is 0.0790. The molecule has 3 heteroatoms. The van der Waals surface area contributed by atoms with Crippen molar-refractivity contribution in [1.82, 2.24) is 0 Å². The second kappa shape index (κ2) is 5.06. The zero-order chi connectivity index (χ0) is 14.3. The van der Waals surface area contributed by atoms with Gasteiger partial charge in [-0.15, -0.1) is 0 Å². The Labute approximate surface area is 127 Å². The first-order chi connectivity index (χ1) is 9.59. The number of hydrogen-bond donors (Lipinski definition) is 0. The summed E-state index contributed by atoms with van der Waals surface area (Å²) in [4.78, 5) is 15.0. The Morgan fingerprint density at radius 1 is 1.15 bits per heavy atom. The van der Waals surface area contributed by atoms with Gasteiger partial charge >= 0.3 is 0 Å². The fourth-order valence-corrected chi connectivity index (χ4v) is 3.29. The number of rotatable bonds is 2. The fourth-order valence-electron chi connectivity index (χ4n) is 2.82. The number of nitrogens with zero attached hydrogens (tertiary/aromatic N) is 1. The van der Waals surface area contributed by atoms with Crippen LogP contribution in [0, 0.1) is 0 Å². The molecule has 1 aliphatic heterocycles. The van der Waals surface area contributed by atoms with Crippen LogP contribution in [-0.2, 0) is 6.42 Å². The van der Waals surface area contributed by atoms with E-state index in [9.17, 15) is 4.79 Å². The highest BCUT2D eigenvalue weighted by atomic mass is 79.9. The third-order valence-electron chi connectivity index (χ3n) is 4.01. The van der Waals surface area contributed by atoms with E-state index >= 15 is 0 Å². The van der Waals surface area contributed by atoms with E-state index in [4.69, 9.17) is 0 Å². The van der Waals surface area contributed by atoms with Crippen molar-refractivity contribution < 1.29 is 4.79 Å². The lowest BCUT2D eigenvalue weighted by molar-refractivity contribution is 0.103. The summed E-state index contributed by atoms with van der Waals surface area (Å²) in [5.74, 6) is 0.0790. The Morgan fingerprint density at radius 3 is 2.60 bits per heavy atom. The first-order valence-corrected chi connectivity index (χ1v) is 7.53. The van der Waals surface area contributed by atoms with Gasteiger partial charge in [0.2, 0.25) is 0 Å². The fraction of sp³-hybridized carbons (Fsp3) is 0.235. The zero-order valence-electron chi connectivity index (χ0n) is 11.6. The molecule has 1 aliphatic rings. The van der Waals surface area contributed by atoms with E-state index in [1.165, 1.54) is 5.56 Å². The molecule has 0 aliphatic carbocycles. The molecule has 3 rings (SSSR count). The molecular weight excluding hydrogens is 314 g/mol. The molecule has 0 radical (unpaired) electrons. The first kappa shape index (κ1) is 13.4. The van der Waals surface area contributed by atoms with Crippen LogP contribution in [0.5, 0.6) is 0 Å². The molecule has 1 heterocycles. The van der Waals surface area contributed by atoms with E-state index in [0.29, 0.717) is 11.6 Å². The van der Waals surface area contributed by atoms with E-state index in [-0.39, 0.29) is 5.78 Å². The molecule has 0 bridgehead atoms. The van der Waals surface area contributed by atoms with Crippen LogP contribution in [0.1, 0.15) is 28.4 Å². The minimum atomic E-state index is 0.0790. The van der Waals surface area contributed by atoms with Gasteiger partial charge in [-0.05, 0) is 37.1 Å². The summed E-state index contributed by atoms with van der Waals surface area (Å²) >= 11 is 3.47. The monoisotopic (exact) mass is 329 g/mol. The van der Waals surface area contributed by atoms with Gasteiger partial charge in [0.25, 0.3) is 0 Å². The van der Waals surface area contributed by atoms with Crippen molar-refractivity contribution in [3.8, 4) is 0 Å². The van der Waals surface area contributed by atoms with Gasteiger partial charge in [-0.3, -0.25) is 4.79 Å².